The van der Waals surface area contributed by atoms with Gasteiger partial charge in [-0.05, 0) is 36.1 Å². The van der Waals surface area contributed by atoms with E-state index in [1.165, 1.54) is 29.1 Å². The molecule has 19 heteroatoms. The molecular weight excluding hydrogens is 694 g/mol. The van der Waals surface area contributed by atoms with Crippen molar-refractivity contribution in [2.45, 2.75) is 39.9 Å². The van der Waals surface area contributed by atoms with Crippen LogP contribution in [0.4, 0.5) is 23.8 Å². The van der Waals surface area contributed by atoms with Crippen LogP contribution >= 0.6 is 19.2 Å². The molecule has 14 nitrogen and oxygen atoms in total. The number of carbonyl (C=O) groups is 2. The minimum Gasteiger partial charge on any atom is -0.459 e. The van der Waals surface area contributed by atoms with Crippen molar-refractivity contribution in [3.8, 4) is 21.7 Å². The van der Waals surface area contributed by atoms with Gasteiger partial charge in [-0.15, -0.1) is 11.3 Å². The van der Waals surface area contributed by atoms with Crippen molar-refractivity contribution in [2.75, 3.05) is 31.7 Å². The van der Waals surface area contributed by atoms with Crippen LogP contribution in [-0.2, 0) is 20.0 Å². The first-order chi connectivity index (χ1) is 22.8. The number of nitrogens with one attached hydrogen (secondary N) is 2. The number of benzene rings is 1. The molecule has 0 aliphatic rings. The lowest BCUT2D eigenvalue weighted by molar-refractivity contribution is -0.140. The Hall–Kier alpha value is -4.19. The van der Waals surface area contributed by atoms with Crippen molar-refractivity contribution < 1.29 is 51.5 Å². The predicted molar refractivity (Wildman–Crippen MR) is 174 cm³/mol. The predicted octanol–water partition coefficient (Wildman–Crippen LogP) is 5.19. The van der Waals surface area contributed by atoms with E-state index in [2.05, 4.69) is 25.1 Å². The first kappa shape index (κ1) is 37.6. The minimum absolute atomic E-state index is 0.0142. The van der Waals surface area contributed by atoms with E-state index in [1.807, 2.05) is 20.8 Å². The summed E-state index contributed by atoms with van der Waals surface area (Å²) in [5.74, 6) is -1.11. The van der Waals surface area contributed by atoms with Gasteiger partial charge in [-0.25, -0.2) is 24.1 Å². The number of carbonyl (C=O) groups excluding carboxylic acids is 2. The number of ether oxygens (including phenoxy) is 1. The largest absolute Gasteiger partial charge is 0.469 e. The Bertz CT molecular complexity index is 1970. The van der Waals surface area contributed by atoms with E-state index in [0.717, 1.165) is 5.38 Å². The van der Waals surface area contributed by atoms with Crippen LogP contribution in [0.15, 0.2) is 46.8 Å². The zero-order valence-electron chi connectivity index (χ0n) is 26.6. The molecule has 0 radical (unpaired) electrons. The minimum atomic E-state index is -4.84. The third-order valence-corrected chi connectivity index (χ3v) is 8.55. The second kappa shape index (κ2) is 14.7. The number of hydrogen-bond acceptors (Lipinski definition) is 10. The number of esters is 1. The summed E-state index contributed by atoms with van der Waals surface area (Å²) < 4.78 is 62.3. The number of aromatic nitrogens is 3. The van der Waals surface area contributed by atoms with E-state index in [0.29, 0.717) is 29.0 Å². The van der Waals surface area contributed by atoms with Crippen molar-refractivity contribution in [2.24, 2.45) is 5.41 Å². The highest BCUT2D eigenvalue weighted by Gasteiger charge is 2.34. The average molecular weight is 728 g/mol. The van der Waals surface area contributed by atoms with Crippen LogP contribution in [0, 0.1) is 5.41 Å². The summed E-state index contributed by atoms with van der Waals surface area (Å²) in [7, 11) is -4.84. The number of anilines is 1. The number of pyridine rings is 2. The molecular formula is C30H33F3N5O9PS. The number of phosphoric ester groups is 1. The number of halogens is 3. The molecule has 5 N–H and O–H groups in total. The summed E-state index contributed by atoms with van der Waals surface area (Å²) in [6.07, 6.45) is -2.19. The van der Waals surface area contributed by atoms with E-state index in [4.69, 9.17) is 14.5 Å². The Kier molecular flexibility index (Phi) is 11.3. The van der Waals surface area contributed by atoms with Gasteiger partial charge in [0.2, 0.25) is 5.43 Å². The highest BCUT2D eigenvalue weighted by molar-refractivity contribution is 7.46. The Morgan fingerprint density at radius 3 is 2.43 bits per heavy atom. The second-order valence-corrected chi connectivity index (χ2v) is 13.8. The molecule has 0 bridgehead atoms. The highest BCUT2D eigenvalue weighted by Crippen LogP contribution is 2.40. The molecule has 1 aromatic carbocycles. The Morgan fingerprint density at radius 1 is 1.12 bits per heavy atom. The third kappa shape index (κ3) is 9.09. The molecule has 0 saturated heterocycles. The van der Waals surface area contributed by atoms with Gasteiger partial charge in [0.15, 0.2) is 5.69 Å². The molecule has 3 aromatic heterocycles. The summed E-state index contributed by atoms with van der Waals surface area (Å²) in [5, 5.41) is 16.2. The number of aliphatic hydroxyl groups excluding tert-OH is 1. The standard InChI is InChI=1S/C30H33F3N5O9PS/c1-5-34-28(42)37-24-11-17(26-36-22(15-49-26)30(31,32)33)19(12-35-24)16-6-7-21-18(10-16)25(40)20(13-38(21)23(14-39)29(2,3)4)27(41)46-8-9-47-48(43,44)45/h6-7,10-13,15,23,39H,5,8-9,14H2,1-4H3,(H2,43,44,45)(H2,34,35,37,42). The number of amides is 2. The van der Waals surface area contributed by atoms with Crippen LogP contribution in [0.1, 0.15) is 49.8 Å². The number of phosphoric acid groups is 1. The summed E-state index contributed by atoms with van der Waals surface area (Å²) >= 11 is 0.711. The van der Waals surface area contributed by atoms with Crippen LogP contribution in [0.2, 0.25) is 0 Å². The number of rotatable bonds is 11. The van der Waals surface area contributed by atoms with E-state index < -0.39 is 74.0 Å². The van der Waals surface area contributed by atoms with E-state index in [9.17, 15) is 37.2 Å². The van der Waals surface area contributed by atoms with Crippen LogP contribution in [0.5, 0.6) is 0 Å². The van der Waals surface area contributed by atoms with Crippen LogP contribution in [0.25, 0.3) is 32.6 Å². The van der Waals surface area contributed by atoms with Gasteiger partial charge in [0, 0.05) is 40.8 Å². The van der Waals surface area contributed by atoms with Gasteiger partial charge < -0.3 is 29.5 Å². The molecule has 0 aliphatic carbocycles. The normalized spacial score (nSPS) is 12.9. The fourth-order valence-electron chi connectivity index (χ4n) is 4.85. The number of urea groups is 1. The fourth-order valence-corrected chi connectivity index (χ4v) is 6.02. The maximum Gasteiger partial charge on any atom is 0.469 e. The number of aliphatic hydroxyl groups is 1. The van der Waals surface area contributed by atoms with Gasteiger partial charge >= 0.3 is 26.0 Å². The van der Waals surface area contributed by atoms with Gasteiger partial charge in [0.05, 0.1) is 24.8 Å². The van der Waals surface area contributed by atoms with E-state index >= 15 is 0 Å². The lowest BCUT2D eigenvalue weighted by Crippen LogP contribution is -2.31. The first-order valence-corrected chi connectivity index (χ1v) is 17.0. The maximum absolute atomic E-state index is 13.8. The molecule has 4 aromatic rings. The van der Waals surface area contributed by atoms with Crippen molar-refractivity contribution in [3.05, 3.63) is 63.5 Å². The number of hydrogen-bond donors (Lipinski definition) is 5. The van der Waals surface area contributed by atoms with E-state index in [-0.39, 0.29) is 27.3 Å². The monoisotopic (exact) mass is 727 g/mol. The zero-order chi connectivity index (χ0) is 36.3. The molecule has 3 heterocycles. The van der Waals surface area contributed by atoms with Crippen molar-refractivity contribution in [1.82, 2.24) is 19.9 Å². The van der Waals surface area contributed by atoms with Gasteiger partial charge in [-0.1, -0.05) is 26.8 Å². The van der Waals surface area contributed by atoms with Gasteiger partial charge in [-0.3, -0.25) is 14.6 Å². The molecule has 0 aliphatic heterocycles. The van der Waals surface area contributed by atoms with Crippen molar-refractivity contribution in [1.29, 1.82) is 0 Å². The number of fused-ring (bicyclic) bond motifs is 1. The first-order valence-electron chi connectivity index (χ1n) is 14.6. The van der Waals surface area contributed by atoms with Gasteiger partial charge in [0.1, 0.15) is 23.0 Å². The molecule has 4 rings (SSSR count). The summed E-state index contributed by atoms with van der Waals surface area (Å²) in [4.78, 5) is 64.9. The summed E-state index contributed by atoms with van der Waals surface area (Å²) in [6.45, 7) is 5.85. The Morgan fingerprint density at radius 2 is 1.84 bits per heavy atom. The zero-order valence-corrected chi connectivity index (χ0v) is 28.3. The number of nitrogens with zero attached hydrogens (tertiary/aromatic N) is 3. The SMILES string of the molecule is CCNC(=O)Nc1cc(-c2nc(C(F)(F)F)cs2)c(-c2ccc3c(c2)c(=O)c(C(=O)OCCOP(=O)(O)O)cn3C(CO)C(C)(C)C)cn1. The smallest absolute Gasteiger partial charge is 0.459 e. The van der Waals surface area contributed by atoms with Crippen molar-refractivity contribution >= 4 is 47.9 Å². The molecule has 0 spiro atoms. The van der Waals surface area contributed by atoms with Crippen LogP contribution in [-0.4, -0.2) is 67.8 Å². The number of thiazole rings is 1. The Balaban J connectivity index is 1.91. The van der Waals surface area contributed by atoms with Crippen molar-refractivity contribution in [3.63, 3.8) is 0 Å². The van der Waals surface area contributed by atoms with Crippen LogP contribution in [0.3, 0.4) is 0 Å². The highest BCUT2D eigenvalue weighted by atomic mass is 32.1. The topological polar surface area (TPSA) is 202 Å². The lowest BCUT2D eigenvalue weighted by Gasteiger charge is -2.33. The van der Waals surface area contributed by atoms with E-state index in [1.54, 1.807) is 19.1 Å². The molecule has 0 fully saturated rings. The average Bonchev–Trinajstić information content (AvgIpc) is 3.51. The summed E-state index contributed by atoms with van der Waals surface area (Å²) in [5.41, 5.74) is -1.97. The third-order valence-electron chi connectivity index (χ3n) is 7.16. The second-order valence-electron chi connectivity index (χ2n) is 11.7. The van der Waals surface area contributed by atoms with Gasteiger partial charge in [-0.2, -0.15) is 13.2 Å². The van der Waals surface area contributed by atoms with Gasteiger partial charge in [0.25, 0.3) is 0 Å². The fraction of sp³-hybridized carbons (Fsp3) is 0.367. The molecule has 2 amide bonds. The molecule has 49 heavy (non-hydrogen) atoms. The maximum atomic E-state index is 13.8. The lowest BCUT2D eigenvalue weighted by atomic mass is 9.86. The molecule has 264 valence electrons. The van der Waals surface area contributed by atoms with Crippen LogP contribution < -0.4 is 16.1 Å². The molecule has 0 saturated carbocycles. The summed E-state index contributed by atoms with van der Waals surface area (Å²) in [6, 6.07) is 4.63. The number of alkyl halides is 3. The molecule has 1 atom stereocenters. The molecule has 1 unspecified atom stereocenters. The quantitative estimate of drug-likeness (QED) is 0.0773. The Labute approximate surface area is 281 Å².